The maximum Gasteiger partial charge on any atom is 0.0795 e. The van der Waals surface area contributed by atoms with Crippen LogP contribution in [0.15, 0.2) is 34.4 Å². The molecule has 0 spiro atoms. The number of benzene rings is 1. The van der Waals surface area contributed by atoms with Gasteiger partial charge >= 0.3 is 0 Å². The molecular formula is C12H13BrN2S. The summed E-state index contributed by atoms with van der Waals surface area (Å²) in [6.45, 7) is 4.25. The van der Waals surface area contributed by atoms with E-state index in [-0.39, 0.29) is 0 Å². The summed E-state index contributed by atoms with van der Waals surface area (Å²) in [5.41, 5.74) is 4.27. The molecule has 16 heavy (non-hydrogen) atoms. The van der Waals surface area contributed by atoms with Crippen molar-refractivity contribution in [3.8, 4) is 0 Å². The maximum absolute atomic E-state index is 4.09. The highest BCUT2D eigenvalue weighted by Crippen LogP contribution is 2.26. The van der Waals surface area contributed by atoms with E-state index < -0.39 is 0 Å². The summed E-state index contributed by atoms with van der Waals surface area (Å²) < 4.78 is 1.09. The first kappa shape index (κ1) is 11.6. The van der Waals surface area contributed by atoms with Crippen molar-refractivity contribution >= 4 is 33.0 Å². The van der Waals surface area contributed by atoms with E-state index in [0.29, 0.717) is 6.04 Å². The monoisotopic (exact) mass is 296 g/mol. The van der Waals surface area contributed by atoms with Crippen molar-refractivity contribution in [3.63, 3.8) is 0 Å². The molecule has 1 aromatic carbocycles. The molecule has 2 aromatic rings. The van der Waals surface area contributed by atoms with Crippen LogP contribution in [0.2, 0.25) is 0 Å². The van der Waals surface area contributed by atoms with E-state index in [1.54, 1.807) is 11.3 Å². The first-order chi connectivity index (χ1) is 7.66. The number of aromatic nitrogens is 1. The van der Waals surface area contributed by atoms with Crippen LogP contribution in [0.25, 0.3) is 0 Å². The van der Waals surface area contributed by atoms with Crippen LogP contribution in [0.5, 0.6) is 0 Å². The van der Waals surface area contributed by atoms with Gasteiger partial charge < -0.3 is 5.32 Å². The number of nitrogens with zero attached hydrogens (tertiary/aromatic N) is 1. The third-order valence-electron chi connectivity index (χ3n) is 2.45. The number of anilines is 1. The molecule has 2 rings (SSSR count). The largest absolute Gasteiger partial charge is 0.377 e. The van der Waals surface area contributed by atoms with Crippen LogP contribution in [0.4, 0.5) is 5.69 Å². The summed E-state index contributed by atoms with van der Waals surface area (Å²) in [6.07, 6.45) is 1.91. The molecule has 0 fully saturated rings. The molecule has 84 valence electrons. The Morgan fingerprint density at radius 1 is 1.44 bits per heavy atom. The summed E-state index contributed by atoms with van der Waals surface area (Å²) in [7, 11) is 0. The van der Waals surface area contributed by atoms with Gasteiger partial charge in [0.15, 0.2) is 0 Å². The van der Waals surface area contributed by atoms with Crippen LogP contribution < -0.4 is 5.32 Å². The van der Waals surface area contributed by atoms with Crippen LogP contribution in [-0.4, -0.2) is 4.98 Å². The third kappa shape index (κ3) is 2.62. The summed E-state index contributed by atoms with van der Waals surface area (Å²) in [5.74, 6) is 0. The Kier molecular flexibility index (Phi) is 3.61. The lowest BCUT2D eigenvalue weighted by atomic mass is 10.2. The summed E-state index contributed by atoms with van der Waals surface area (Å²) in [5, 5.41) is 3.49. The molecule has 0 saturated heterocycles. The second kappa shape index (κ2) is 4.97. The minimum absolute atomic E-state index is 0.292. The molecule has 1 heterocycles. The molecule has 4 heteroatoms. The zero-order chi connectivity index (χ0) is 11.5. The Balaban J connectivity index is 2.17. The van der Waals surface area contributed by atoms with Crippen LogP contribution in [0.1, 0.15) is 23.4 Å². The van der Waals surface area contributed by atoms with E-state index in [9.17, 15) is 0 Å². The van der Waals surface area contributed by atoms with Gasteiger partial charge in [0.1, 0.15) is 0 Å². The fourth-order valence-corrected chi connectivity index (χ4v) is 2.48. The summed E-state index contributed by atoms with van der Waals surface area (Å²) >= 11 is 5.16. The van der Waals surface area contributed by atoms with Gasteiger partial charge in [-0.3, -0.25) is 4.98 Å². The van der Waals surface area contributed by atoms with Crippen LogP contribution in [-0.2, 0) is 0 Å². The lowest BCUT2D eigenvalue weighted by molar-refractivity contribution is 0.901. The normalized spacial score (nSPS) is 12.4. The van der Waals surface area contributed by atoms with E-state index >= 15 is 0 Å². The lowest BCUT2D eigenvalue weighted by Crippen LogP contribution is -2.06. The smallest absolute Gasteiger partial charge is 0.0795 e. The molecule has 0 aliphatic heterocycles. The fourth-order valence-electron chi connectivity index (χ4n) is 1.49. The van der Waals surface area contributed by atoms with Gasteiger partial charge in [0.2, 0.25) is 0 Å². The number of thiazole rings is 1. The number of rotatable bonds is 3. The number of hydrogen-bond acceptors (Lipinski definition) is 3. The van der Waals surface area contributed by atoms with Crippen LogP contribution >= 0.6 is 27.3 Å². The van der Waals surface area contributed by atoms with Gasteiger partial charge in [-0.2, -0.15) is 0 Å². The van der Waals surface area contributed by atoms with E-state index in [1.807, 2.05) is 11.7 Å². The highest BCUT2D eigenvalue weighted by molar-refractivity contribution is 9.10. The molecule has 0 radical (unpaired) electrons. The maximum atomic E-state index is 4.09. The average molecular weight is 297 g/mol. The Labute approximate surface area is 108 Å². The topological polar surface area (TPSA) is 24.9 Å². The zero-order valence-corrected chi connectivity index (χ0v) is 11.6. The predicted octanol–water partition coefficient (Wildman–Crippen LogP) is 4.39. The van der Waals surface area contributed by atoms with Gasteiger partial charge in [0.05, 0.1) is 11.6 Å². The molecular weight excluding hydrogens is 284 g/mol. The fraction of sp³-hybridized carbons (Fsp3) is 0.250. The predicted molar refractivity (Wildman–Crippen MR) is 73.0 cm³/mol. The molecule has 2 nitrogen and oxygen atoms in total. The van der Waals surface area contributed by atoms with E-state index in [1.165, 1.54) is 10.4 Å². The highest BCUT2D eigenvalue weighted by Gasteiger charge is 2.08. The van der Waals surface area contributed by atoms with Crippen molar-refractivity contribution in [3.05, 3.63) is 44.8 Å². The minimum Gasteiger partial charge on any atom is -0.377 e. The van der Waals surface area contributed by atoms with Crippen molar-refractivity contribution < 1.29 is 0 Å². The third-order valence-corrected chi connectivity index (χ3v) is 3.90. The molecule has 1 aromatic heterocycles. The van der Waals surface area contributed by atoms with Crippen LogP contribution in [0, 0.1) is 6.92 Å². The summed E-state index contributed by atoms with van der Waals surface area (Å²) in [4.78, 5) is 5.34. The molecule has 1 atom stereocenters. The van der Waals surface area contributed by atoms with Crippen molar-refractivity contribution in [2.24, 2.45) is 0 Å². The zero-order valence-electron chi connectivity index (χ0n) is 9.20. The van der Waals surface area contributed by atoms with Crippen molar-refractivity contribution in [2.75, 3.05) is 5.32 Å². The Morgan fingerprint density at radius 3 is 2.94 bits per heavy atom. The first-order valence-electron chi connectivity index (χ1n) is 5.08. The molecule has 0 amide bonds. The van der Waals surface area contributed by atoms with E-state index in [2.05, 4.69) is 58.3 Å². The first-order valence-corrected chi connectivity index (χ1v) is 6.75. The second-order valence-electron chi connectivity index (χ2n) is 3.73. The van der Waals surface area contributed by atoms with E-state index in [4.69, 9.17) is 0 Å². The van der Waals surface area contributed by atoms with Gasteiger partial charge in [-0.1, -0.05) is 22.0 Å². The van der Waals surface area contributed by atoms with Gasteiger partial charge in [-0.15, -0.1) is 11.3 Å². The Morgan fingerprint density at radius 2 is 2.25 bits per heavy atom. The average Bonchev–Trinajstić information content (AvgIpc) is 2.76. The molecule has 0 bridgehead atoms. The van der Waals surface area contributed by atoms with Gasteiger partial charge in [-0.05, 0) is 31.5 Å². The van der Waals surface area contributed by atoms with Crippen molar-refractivity contribution in [2.45, 2.75) is 19.9 Å². The molecule has 1 N–H and O–H groups in total. The van der Waals surface area contributed by atoms with Gasteiger partial charge in [0.25, 0.3) is 0 Å². The Hall–Kier alpha value is -0.870. The van der Waals surface area contributed by atoms with Crippen molar-refractivity contribution in [1.82, 2.24) is 4.98 Å². The number of hydrogen-bond donors (Lipinski definition) is 1. The number of halogens is 1. The van der Waals surface area contributed by atoms with Crippen LogP contribution in [0.3, 0.4) is 0 Å². The molecule has 0 aliphatic rings. The number of nitrogens with one attached hydrogen (secondary N) is 1. The van der Waals surface area contributed by atoms with Gasteiger partial charge in [-0.25, -0.2) is 0 Å². The van der Waals surface area contributed by atoms with E-state index in [0.717, 1.165) is 10.2 Å². The minimum atomic E-state index is 0.292. The SMILES string of the molecule is Cc1ccc(Br)cc1NC(C)c1cncs1. The summed E-state index contributed by atoms with van der Waals surface area (Å²) in [6, 6.07) is 6.55. The molecule has 1 unspecified atom stereocenters. The highest BCUT2D eigenvalue weighted by atomic mass is 79.9. The van der Waals surface area contributed by atoms with Crippen molar-refractivity contribution in [1.29, 1.82) is 0 Å². The van der Waals surface area contributed by atoms with Gasteiger partial charge in [0, 0.05) is 21.2 Å². The molecule has 0 saturated carbocycles. The standard InChI is InChI=1S/C12H13BrN2S/c1-8-3-4-10(13)5-11(8)15-9(2)12-6-14-7-16-12/h3-7,9,15H,1-2H3. The number of aryl methyl sites for hydroxylation is 1. The quantitative estimate of drug-likeness (QED) is 0.909. The Bertz CT molecular complexity index is 468. The lowest BCUT2D eigenvalue weighted by Gasteiger charge is -2.15. The second-order valence-corrected chi connectivity index (χ2v) is 5.56. The molecule has 0 aliphatic carbocycles.